The van der Waals surface area contributed by atoms with Gasteiger partial charge >= 0.3 is 0 Å². The van der Waals surface area contributed by atoms with E-state index in [0.717, 1.165) is 34.2 Å². The molecule has 1 amide bonds. The largest absolute Gasteiger partial charge is 0.508 e. The number of phenols is 1. The molecule has 1 aromatic heterocycles. The van der Waals surface area contributed by atoms with Crippen LogP contribution in [0.1, 0.15) is 11.1 Å². The van der Waals surface area contributed by atoms with Gasteiger partial charge < -0.3 is 20.1 Å². The smallest absolute Gasteiger partial charge is 0.244 e. The zero-order valence-corrected chi connectivity index (χ0v) is 14.0. The summed E-state index contributed by atoms with van der Waals surface area (Å²) in [5, 5.41) is 13.2. The molecule has 0 radical (unpaired) electrons. The van der Waals surface area contributed by atoms with Crippen LogP contribution in [0.5, 0.6) is 11.5 Å². The van der Waals surface area contributed by atoms with Crippen LogP contribution < -0.4 is 10.1 Å². The zero-order chi connectivity index (χ0) is 17.6. The minimum Gasteiger partial charge on any atom is -0.508 e. The molecule has 3 N–H and O–H groups in total. The summed E-state index contributed by atoms with van der Waals surface area (Å²) in [7, 11) is 1.65. The number of amides is 1. The molecular weight excluding hydrogens is 316 g/mol. The van der Waals surface area contributed by atoms with Gasteiger partial charge in [0.2, 0.25) is 5.91 Å². The first-order chi connectivity index (χ1) is 12.2. The summed E-state index contributed by atoms with van der Waals surface area (Å²) in [5.74, 6) is 0.872. The number of aromatic hydroxyl groups is 1. The second-order valence-electron chi connectivity index (χ2n) is 5.69. The topological polar surface area (TPSA) is 74.3 Å². The fourth-order valence-electron chi connectivity index (χ4n) is 2.63. The van der Waals surface area contributed by atoms with Gasteiger partial charge in [-0.25, -0.2) is 0 Å². The Morgan fingerprint density at radius 1 is 1.24 bits per heavy atom. The first-order valence-corrected chi connectivity index (χ1v) is 8.04. The van der Waals surface area contributed by atoms with Gasteiger partial charge in [0.05, 0.1) is 7.11 Å². The monoisotopic (exact) mass is 336 g/mol. The van der Waals surface area contributed by atoms with Crippen LogP contribution in [0.4, 0.5) is 0 Å². The highest BCUT2D eigenvalue weighted by atomic mass is 16.5. The fraction of sp³-hybridized carbons (Fsp3) is 0.150. The summed E-state index contributed by atoms with van der Waals surface area (Å²) >= 11 is 0. The number of aromatic nitrogens is 1. The minimum atomic E-state index is -0.148. The Kier molecular flexibility index (Phi) is 5.04. The van der Waals surface area contributed by atoms with Gasteiger partial charge in [-0.15, -0.1) is 0 Å². The van der Waals surface area contributed by atoms with E-state index in [9.17, 15) is 9.90 Å². The molecular formula is C20H20N2O3. The Labute approximate surface area is 145 Å². The van der Waals surface area contributed by atoms with Crippen molar-refractivity contribution in [2.45, 2.75) is 6.42 Å². The normalized spacial score (nSPS) is 11.1. The predicted octanol–water partition coefficient (Wildman–Crippen LogP) is 3.25. The lowest BCUT2D eigenvalue weighted by atomic mass is 10.1. The van der Waals surface area contributed by atoms with Crippen molar-refractivity contribution >= 4 is 22.9 Å². The van der Waals surface area contributed by atoms with Crippen LogP contribution >= 0.6 is 0 Å². The van der Waals surface area contributed by atoms with Gasteiger partial charge in [0, 0.05) is 29.7 Å². The maximum absolute atomic E-state index is 11.9. The number of ether oxygens (including phenoxy) is 1. The van der Waals surface area contributed by atoms with Gasteiger partial charge in [-0.3, -0.25) is 4.79 Å². The van der Waals surface area contributed by atoms with Crippen molar-refractivity contribution in [1.82, 2.24) is 10.3 Å². The van der Waals surface area contributed by atoms with Crippen LogP contribution in [0.3, 0.4) is 0 Å². The third-order valence-electron chi connectivity index (χ3n) is 3.99. The lowest BCUT2D eigenvalue weighted by molar-refractivity contribution is -0.116. The molecule has 0 aliphatic heterocycles. The number of rotatable bonds is 6. The minimum absolute atomic E-state index is 0.148. The number of H-pyrrole nitrogens is 1. The van der Waals surface area contributed by atoms with Gasteiger partial charge in [-0.2, -0.15) is 0 Å². The van der Waals surface area contributed by atoms with Crippen LogP contribution in [0.25, 0.3) is 17.0 Å². The van der Waals surface area contributed by atoms with E-state index in [4.69, 9.17) is 4.74 Å². The fourth-order valence-corrected chi connectivity index (χ4v) is 2.63. The Bertz CT molecular complexity index is 895. The number of carbonyl (C=O) groups excluding carboxylic acids is 1. The third-order valence-corrected chi connectivity index (χ3v) is 3.99. The van der Waals surface area contributed by atoms with Gasteiger partial charge in [-0.1, -0.05) is 12.1 Å². The Hall–Kier alpha value is -3.21. The van der Waals surface area contributed by atoms with Crippen molar-refractivity contribution in [2.75, 3.05) is 13.7 Å². The Morgan fingerprint density at radius 3 is 2.80 bits per heavy atom. The van der Waals surface area contributed by atoms with Crippen LogP contribution in [0.2, 0.25) is 0 Å². The van der Waals surface area contributed by atoms with E-state index in [2.05, 4.69) is 10.3 Å². The van der Waals surface area contributed by atoms with Gasteiger partial charge in [0.15, 0.2) is 0 Å². The molecule has 3 rings (SSSR count). The van der Waals surface area contributed by atoms with E-state index in [1.54, 1.807) is 37.5 Å². The number of carbonyl (C=O) groups is 1. The molecule has 5 nitrogen and oxygen atoms in total. The summed E-state index contributed by atoms with van der Waals surface area (Å²) < 4.78 is 5.26. The zero-order valence-electron chi connectivity index (χ0n) is 14.0. The highest BCUT2D eigenvalue weighted by Gasteiger charge is 2.05. The number of methoxy groups -OCH3 is 1. The molecule has 0 saturated carbocycles. The van der Waals surface area contributed by atoms with Gasteiger partial charge in [0.1, 0.15) is 11.5 Å². The highest BCUT2D eigenvalue weighted by molar-refractivity contribution is 5.91. The molecule has 25 heavy (non-hydrogen) atoms. The van der Waals surface area contributed by atoms with Crippen molar-refractivity contribution in [3.63, 3.8) is 0 Å². The number of fused-ring (bicyclic) bond motifs is 1. The number of phenolic OH excluding ortho intramolecular Hbond substituents is 1. The lowest BCUT2D eigenvalue weighted by Crippen LogP contribution is -2.23. The van der Waals surface area contributed by atoms with Crippen molar-refractivity contribution in [1.29, 1.82) is 0 Å². The first-order valence-electron chi connectivity index (χ1n) is 8.04. The maximum atomic E-state index is 11.9. The molecule has 0 unspecified atom stereocenters. The Balaban J connectivity index is 1.55. The molecule has 128 valence electrons. The summed E-state index contributed by atoms with van der Waals surface area (Å²) in [5.41, 5.74) is 3.04. The van der Waals surface area contributed by atoms with Crippen LogP contribution in [-0.2, 0) is 11.2 Å². The number of hydrogen-bond acceptors (Lipinski definition) is 3. The van der Waals surface area contributed by atoms with Crippen LogP contribution in [0.15, 0.2) is 54.7 Å². The second-order valence-corrected chi connectivity index (χ2v) is 5.69. The third kappa shape index (κ3) is 4.20. The van der Waals surface area contributed by atoms with Crippen LogP contribution in [0, 0.1) is 0 Å². The van der Waals surface area contributed by atoms with Gasteiger partial charge in [0.25, 0.3) is 0 Å². The first kappa shape index (κ1) is 16.6. The molecule has 1 heterocycles. The van der Waals surface area contributed by atoms with E-state index in [-0.39, 0.29) is 11.7 Å². The molecule has 0 atom stereocenters. The second kappa shape index (κ2) is 7.57. The maximum Gasteiger partial charge on any atom is 0.244 e. The van der Waals surface area contributed by atoms with Crippen LogP contribution in [-0.4, -0.2) is 29.7 Å². The molecule has 5 heteroatoms. The molecule has 3 aromatic rings. The van der Waals surface area contributed by atoms with Crippen molar-refractivity contribution in [3.05, 3.63) is 65.9 Å². The number of aromatic amines is 1. The van der Waals surface area contributed by atoms with E-state index in [1.165, 1.54) is 6.08 Å². The van der Waals surface area contributed by atoms with Crippen molar-refractivity contribution in [2.24, 2.45) is 0 Å². The number of hydrogen-bond donors (Lipinski definition) is 3. The van der Waals surface area contributed by atoms with E-state index in [1.807, 2.05) is 24.4 Å². The summed E-state index contributed by atoms with van der Waals surface area (Å²) in [6, 6.07) is 12.6. The molecule has 0 bridgehead atoms. The van der Waals surface area contributed by atoms with E-state index >= 15 is 0 Å². The van der Waals surface area contributed by atoms with Gasteiger partial charge in [-0.05, 0) is 54.0 Å². The number of nitrogens with one attached hydrogen (secondary N) is 2. The number of benzene rings is 2. The highest BCUT2D eigenvalue weighted by Crippen LogP contribution is 2.23. The van der Waals surface area contributed by atoms with Crippen molar-refractivity contribution in [3.8, 4) is 11.5 Å². The lowest BCUT2D eigenvalue weighted by Gasteiger charge is -2.03. The molecule has 0 aliphatic rings. The summed E-state index contributed by atoms with van der Waals surface area (Å²) in [4.78, 5) is 15.1. The standard InChI is InChI=1S/C20H20N2O3/c1-25-17-7-8-19-18(12-17)15(13-22-19)10-11-21-20(24)9-4-14-2-5-16(23)6-3-14/h2-9,12-13,22-23H,10-11H2,1H3,(H,21,24)/b9-4+. The average molecular weight is 336 g/mol. The molecule has 0 aliphatic carbocycles. The van der Waals surface area contributed by atoms with E-state index < -0.39 is 0 Å². The average Bonchev–Trinajstić information content (AvgIpc) is 3.03. The SMILES string of the molecule is COc1ccc2[nH]cc(CCNC(=O)/C=C/c3ccc(O)cc3)c2c1. The summed E-state index contributed by atoms with van der Waals surface area (Å²) in [6.07, 6.45) is 5.89. The van der Waals surface area contributed by atoms with E-state index in [0.29, 0.717) is 6.54 Å². The predicted molar refractivity (Wildman–Crippen MR) is 98.7 cm³/mol. The summed E-state index contributed by atoms with van der Waals surface area (Å²) in [6.45, 7) is 0.545. The molecule has 0 fully saturated rings. The molecule has 2 aromatic carbocycles. The molecule has 0 saturated heterocycles. The van der Waals surface area contributed by atoms with Crippen molar-refractivity contribution < 1.29 is 14.6 Å². The molecule has 0 spiro atoms. The Morgan fingerprint density at radius 2 is 2.04 bits per heavy atom. The quantitative estimate of drug-likeness (QED) is 0.605.